The monoisotopic (exact) mass is 323 g/mol. The lowest BCUT2D eigenvalue weighted by Gasteiger charge is -2.11. The molecule has 1 aliphatic heterocycles. The van der Waals surface area contributed by atoms with E-state index in [2.05, 4.69) is 15.6 Å². The summed E-state index contributed by atoms with van der Waals surface area (Å²) in [5, 5.41) is 7.40. The van der Waals surface area contributed by atoms with Gasteiger partial charge in [-0.2, -0.15) is 0 Å². The Morgan fingerprint density at radius 1 is 1.43 bits per heavy atom. The first-order chi connectivity index (χ1) is 9.91. The van der Waals surface area contributed by atoms with E-state index in [1.807, 2.05) is 19.1 Å². The Hall–Kier alpha value is -1.93. The number of thiazole rings is 1. The lowest BCUT2D eigenvalue weighted by molar-refractivity contribution is 0.251. The number of aryl methyl sites for hydroxylation is 1. The van der Waals surface area contributed by atoms with Crippen LogP contribution in [0.2, 0.25) is 0 Å². The molecule has 1 aliphatic rings. The molecule has 110 valence electrons. The highest BCUT2D eigenvalue weighted by molar-refractivity contribution is 7.94. The predicted molar refractivity (Wildman–Crippen MR) is 83.2 cm³/mol. The Morgan fingerprint density at radius 2 is 2.24 bits per heavy atom. The van der Waals surface area contributed by atoms with Crippen LogP contribution in [0, 0.1) is 6.92 Å². The number of benzene rings is 1. The minimum absolute atomic E-state index is 0.0898. The van der Waals surface area contributed by atoms with Gasteiger partial charge in [0.05, 0.1) is 27.0 Å². The van der Waals surface area contributed by atoms with Crippen LogP contribution >= 0.6 is 11.3 Å². The molecule has 8 heteroatoms. The Labute approximate surface area is 125 Å². The molecule has 0 aliphatic carbocycles. The lowest BCUT2D eigenvalue weighted by atomic mass is 10.3. The number of nitrogens with one attached hydrogen (secondary N) is 2. The molecule has 1 aromatic heterocycles. The SMILES string of the molecule is Cc1nc2ccc(NC(=O)N[C@H]3C=CS(=O)(=O)C3)cc2s1. The summed E-state index contributed by atoms with van der Waals surface area (Å²) >= 11 is 1.55. The number of carbonyl (C=O) groups excluding carboxylic acids is 1. The third-order valence-corrected chi connectivity index (χ3v) is 5.33. The van der Waals surface area contributed by atoms with E-state index < -0.39 is 21.9 Å². The van der Waals surface area contributed by atoms with Crippen LogP contribution in [-0.2, 0) is 9.84 Å². The molecule has 1 atom stereocenters. The average molecular weight is 323 g/mol. The molecule has 0 saturated heterocycles. The van der Waals surface area contributed by atoms with Crippen molar-refractivity contribution in [2.75, 3.05) is 11.1 Å². The molecule has 0 spiro atoms. The highest BCUT2D eigenvalue weighted by Crippen LogP contribution is 2.24. The van der Waals surface area contributed by atoms with Crippen LogP contribution in [0.15, 0.2) is 29.7 Å². The number of fused-ring (bicyclic) bond motifs is 1. The van der Waals surface area contributed by atoms with Gasteiger partial charge in [-0.05, 0) is 31.2 Å². The van der Waals surface area contributed by atoms with Gasteiger partial charge in [-0.15, -0.1) is 11.3 Å². The first kappa shape index (κ1) is 14.0. The number of anilines is 1. The first-order valence-corrected chi connectivity index (χ1v) is 8.80. The van der Waals surface area contributed by atoms with Crippen LogP contribution in [0.4, 0.5) is 10.5 Å². The standard InChI is InChI=1S/C13H13N3O3S2/c1-8-14-11-3-2-9(6-12(11)20-8)15-13(17)16-10-4-5-21(18,19)7-10/h2-6,10H,7H2,1H3,(H2,15,16,17)/t10-/m0/s1. The molecule has 1 aromatic carbocycles. The summed E-state index contributed by atoms with van der Waals surface area (Å²) in [6.07, 6.45) is 1.48. The molecule has 21 heavy (non-hydrogen) atoms. The molecule has 0 bridgehead atoms. The molecule has 2 amide bonds. The van der Waals surface area contributed by atoms with Gasteiger partial charge in [0.25, 0.3) is 0 Å². The van der Waals surface area contributed by atoms with E-state index in [-0.39, 0.29) is 5.75 Å². The van der Waals surface area contributed by atoms with Crippen molar-refractivity contribution in [2.24, 2.45) is 0 Å². The highest BCUT2D eigenvalue weighted by atomic mass is 32.2. The average Bonchev–Trinajstić information content (AvgIpc) is 2.90. The van der Waals surface area contributed by atoms with Crippen LogP contribution in [0.5, 0.6) is 0 Å². The fourth-order valence-corrected chi connectivity index (χ4v) is 4.22. The number of hydrogen-bond acceptors (Lipinski definition) is 5. The molecular formula is C13H13N3O3S2. The summed E-state index contributed by atoms with van der Waals surface area (Å²) in [6.45, 7) is 1.93. The van der Waals surface area contributed by atoms with Crippen molar-refractivity contribution in [2.45, 2.75) is 13.0 Å². The third kappa shape index (κ3) is 3.22. The fraction of sp³-hybridized carbons (Fsp3) is 0.231. The third-order valence-electron chi connectivity index (χ3n) is 3.00. The highest BCUT2D eigenvalue weighted by Gasteiger charge is 2.22. The van der Waals surface area contributed by atoms with Gasteiger partial charge in [-0.1, -0.05) is 0 Å². The number of sulfone groups is 1. The van der Waals surface area contributed by atoms with Crippen LogP contribution in [0.3, 0.4) is 0 Å². The molecular weight excluding hydrogens is 310 g/mol. The van der Waals surface area contributed by atoms with Crippen molar-refractivity contribution >= 4 is 43.1 Å². The van der Waals surface area contributed by atoms with Gasteiger partial charge in [0.2, 0.25) is 0 Å². The minimum atomic E-state index is -3.17. The largest absolute Gasteiger partial charge is 0.331 e. The predicted octanol–water partition coefficient (Wildman–Crippen LogP) is 2.04. The molecule has 0 saturated carbocycles. The molecule has 0 unspecified atom stereocenters. The zero-order valence-electron chi connectivity index (χ0n) is 11.2. The number of amides is 2. The van der Waals surface area contributed by atoms with Gasteiger partial charge in [0.15, 0.2) is 9.84 Å². The number of urea groups is 1. The maximum Gasteiger partial charge on any atom is 0.319 e. The van der Waals surface area contributed by atoms with Gasteiger partial charge in [0.1, 0.15) is 0 Å². The zero-order chi connectivity index (χ0) is 15.0. The van der Waals surface area contributed by atoms with Crippen LogP contribution < -0.4 is 10.6 Å². The topological polar surface area (TPSA) is 88.2 Å². The van der Waals surface area contributed by atoms with Gasteiger partial charge < -0.3 is 10.6 Å². The van der Waals surface area contributed by atoms with Crippen LogP contribution in [0.25, 0.3) is 10.2 Å². The minimum Gasteiger partial charge on any atom is -0.331 e. The summed E-state index contributed by atoms with van der Waals surface area (Å²) in [5.74, 6) is -0.0898. The van der Waals surface area contributed by atoms with Gasteiger partial charge >= 0.3 is 6.03 Å². The number of carbonyl (C=O) groups is 1. The fourth-order valence-electron chi connectivity index (χ4n) is 2.12. The van der Waals surface area contributed by atoms with Crippen LogP contribution in [-0.4, -0.2) is 31.2 Å². The van der Waals surface area contributed by atoms with E-state index in [0.29, 0.717) is 5.69 Å². The second-order valence-electron chi connectivity index (χ2n) is 4.78. The van der Waals surface area contributed by atoms with Crippen molar-refractivity contribution in [1.29, 1.82) is 0 Å². The number of hydrogen-bond donors (Lipinski definition) is 2. The maximum absolute atomic E-state index is 11.9. The Bertz CT molecular complexity index is 839. The summed E-state index contributed by atoms with van der Waals surface area (Å²) in [6, 6.07) is 4.55. The molecule has 6 nitrogen and oxygen atoms in total. The van der Waals surface area contributed by atoms with Crippen molar-refractivity contribution < 1.29 is 13.2 Å². The Balaban J connectivity index is 1.67. The summed E-state index contributed by atoms with van der Waals surface area (Å²) in [7, 11) is -3.17. The summed E-state index contributed by atoms with van der Waals surface area (Å²) in [5.41, 5.74) is 1.54. The molecule has 0 fully saturated rings. The summed E-state index contributed by atoms with van der Waals surface area (Å²) in [4.78, 5) is 16.2. The molecule has 2 N–H and O–H groups in total. The van der Waals surface area contributed by atoms with Gasteiger partial charge in [0, 0.05) is 11.1 Å². The number of nitrogens with zero attached hydrogens (tertiary/aromatic N) is 1. The zero-order valence-corrected chi connectivity index (χ0v) is 12.8. The maximum atomic E-state index is 11.9. The van der Waals surface area contributed by atoms with E-state index in [4.69, 9.17) is 0 Å². The smallest absolute Gasteiger partial charge is 0.319 e. The van der Waals surface area contributed by atoms with Crippen molar-refractivity contribution in [3.8, 4) is 0 Å². The number of rotatable bonds is 2. The van der Waals surface area contributed by atoms with E-state index in [9.17, 15) is 13.2 Å². The second kappa shape index (κ2) is 5.12. The Morgan fingerprint density at radius 3 is 2.95 bits per heavy atom. The normalized spacial score (nSPS) is 19.8. The number of aromatic nitrogens is 1. The quantitative estimate of drug-likeness (QED) is 0.885. The van der Waals surface area contributed by atoms with E-state index in [1.165, 1.54) is 6.08 Å². The molecule has 2 aromatic rings. The van der Waals surface area contributed by atoms with Crippen LogP contribution in [0.1, 0.15) is 5.01 Å². The van der Waals surface area contributed by atoms with Gasteiger partial charge in [-0.3, -0.25) is 0 Å². The molecule has 3 rings (SSSR count). The molecule has 2 heterocycles. The molecule has 0 radical (unpaired) electrons. The van der Waals surface area contributed by atoms with Crippen molar-refractivity contribution in [1.82, 2.24) is 10.3 Å². The second-order valence-corrected chi connectivity index (χ2v) is 7.94. The van der Waals surface area contributed by atoms with Crippen molar-refractivity contribution in [3.05, 3.63) is 34.7 Å². The lowest BCUT2D eigenvalue weighted by Crippen LogP contribution is -2.38. The summed E-state index contributed by atoms with van der Waals surface area (Å²) < 4.78 is 23.5. The van der Waals surface area contributed by atoms with E-state index in [0.717, 1.165) is 20.6 Å². The van der Waals surface area contributed by atoms with Gasteiger partial charge in [-0.25, -0.2) is 18.2 Å². The van der Waals surface area contributed by atoms with E-state index in [1.54, 1.807) is 17.4 Å². The van der Waals surface area contributed by atoms with Crippen molar-refractivity contribution in [3.63, 3.8) is 0 Å². The first-order valence-electron chi connectivity index (χ1n) is 6.27. The van der Waals surface area contributed by atoms with E-state index >= 15 is 0 Å². The Kier molecular flexibility index (Phi) is 3.42.